The maximum atomic E-state index is 12.1. The van der Waals surface area contributed by atoms with E-state index in [2.05, 4.69) is 17.2 Å². The smallest absolute Gasteiger partial charge is 0.410 e. The van der Waals surface area contributed by atoms with Gasteiger partial charge in [-0.2, -0.15) is 0 Å². The van der Waals surface area contributed by atoms with Gasteiger partial charge in [0.1, 0.15) is 5.60 Å². The van der Waals surface area contributed by atoms with Crippen molar-refractivity contribution in [2.75, 3.05) is 18.4 Å². The number of hydrogen-bond acceptors (Lipinski definition) is 4. The molecule has 1 aliphatic heterocycles. The van der Waals surface area contributed by atoms with Gasteiger partial charge in [-0.1, -0.05) is 0 Å². The lowest BCUT2D eigenvalue weighted by Gasteiger charge is -2.35. The first-order valence-electron chi connectivity index (χ1n) is 7.50. The molecule has 1 aliphatic rings. The minimum absolute atomic E-state index is 0.225. The molecule has 5 nitrogen and oxygen atoms in total. The van der Waals surface area contributed by atoms with Crippen molar-refractivity contribution in [2.24, 2.45) is 0 Å². The van der Waals surface area contributed by atoms with Crippen LogP contribution >= 0.6 is 0 Å². The second-order valence-corrected chi connectivity index (χ2v) is 6.60. The number of ether oxygens (including phenoxy) is 1. The molecule has 1 N–H and O–H groups in total. The van der Waals surface area contributed by atoms with Gasteiger partial charge in [-0.3, -0.25) is 4.98 Å². The quantitative estimate of drug-likeness (QED) is 0.909. The zero-order valence-electron chi connectivity index (χ0n) is 13.3. The third-order valence-corrected chi connectivity index (χ3v) is 3.47. The second kappa shape index (κ2) is 6.33. The number of amides is 1. The number of nitrogens with one attached hydrogen (secondary N) is 1. The van der Waals surface area contributed by atoms with Gasteiger partial charge in [0.15, 0.2) is 0 Å². The van der Waals surface area contributed by atoms with Crippen molar-refractivity contribution in [3.8, 4) is 0 Å². The van der Waals surface area contributed by atoms with Crippen molar-refractivity contribution in [1.82, 2.24) is 9.88 Å². The Morgan fingerprint density at radius 1 is 1.48 bits per heavy atom. The Bertz CT molecular complexity index is 497. The van der Waals surface area contributed by atoms with Crippen molar-refractivity contribution < 1.29 is 9.53 Å². The van der Waals surface area contributed by atoms with E-state index in [1.807, 2.05) is 33.0 Å². The number of aromatic nitrogens is 1. The normalized spacial score (nSPS) is 19.2. The number of anilines is 1. The van der Waals surface area contributed by atoms with E-state index in [4.69, 9.17) is 4.74 Å². The first-order valence-corrected chi connectivity index (χ1v) is 7.50. The highest BCUT2D eigenvalue weighted by Gasteiger charge is 2.27. The summed E-state index contributed by atoms with van der Waals surface area (Å²) in [6.45, 7) is 9.16. The molecule has 1 unspecified atom stereocenters. The van der Waals surface area contributed by atoms with Gasteiger partial charge in [0.05, 0.1) is 11.9 Å². The van der Waals surface area contributed by atoms with E-state index >= 15 is 0 Å². The van der Waals surface area contributed by atoms with Gasteiger partial charge in [-0.05, 0) is 52.2 Å². The molecule has 0 aliphatic carbocycles. The fraction of sp³-hybridized carbons (Fsp3) is 0.625. The maximum Gasteiger partial charge on any atom is 0.410 e. The van der Waals surface area contributed by atoms with Crippen LogP contribution in [0.3, 0.4) is 0 Å². The molecule has 5 heteroatoms. The molecule has 1 amide bonds. The van der Waals surface area contributed by atoms with Crippen molar-refractivity contribution in [2.45, 2.75) is 52.2 Å². The predicted octanol–water partition coefficient (Wildman–Crippen LogP) is 3.20. The summed E-state index contributed by atoms with van der Waals surface area (Å²) in [6.07, 6.45) is 5.43. The Kier molecular flexibility index (Phi) is 4.70. The first kappa shape index (κ1) is 15.6. The summed E-state index contributed by atoms with van der Waals surface area (Å²) in [4.78, 5) is 18.1. The van der Waals surface area contributed by atoms with Gasteiger partial charge >= 0.3 is 6.09 Å². The Morgan fingerprint density at radius 2 is 2.24 bits per heavy atom. The second-order valence-electron chi connectivity index (χ2n) is 6.60. The minimum Gasteiger partial charge on any atom is -0.444 e. The molecule has 0 spiro atoms. The third kappa shape index (κ3) is 4.62. The van der Waals surface area contributed by atoms with Crippen LogP contribution in [0.25, 0.3) is 0 Å². The molecular weight excluding hydrogens is 266 g/mol. The summed E-state index contributed by atoms with van der Waals surface area (Å²) < 4.78 is 5.45. The number of pyridine rings is 1. The SMILES string of the molecule is Cc1ccncc1NC1CCCN(C(=O)OC(C)(C)C)C1. The molecule has 1 aromatic rings. The highest BCUT2D eigenvalue weighted by Crippen LogP contribution is 2.20. The average molecular weight is 291 g/mol. The Morgan fingerprint density at radius 3 is 2.90 bits per heavy atom. The lowest BCUT2D eigenvalue weighted by atomic mass is 10.1. The summed E-state index contributed by atoms with van der Waals surface area (Å²) >= 11 is 0. The van der Waals surface area contributed by atoms with Gasteiger partial charge in [0.25, 0.3) is 0 Å². The molecule has 1 atom stereocenters. The molecular formula is C16H25N3O2. The molecule has 0 bridgehead atoms. The Hall–Kier alpha value is -1.78. The topological polar surface area (TPSA) is 54.5 Å². The zero-order chi connectivity index (χ0) is 15.5. The van der Waals surface area contributed by atoms with Crippen LogP contribution in [0.15, 0.2) is 18.5 Å². The Labute approximate surface area is 126 Å². The molecule has 1 saturated heterocycles. The maximum absolute atomic E-state index is 12.1. The number of piperidine rings is 1. The number of carbonyl (C=O) groups excluding carboxylic acids is 1. The van der Waals surface area contributed by atoms with Gasteiger partial charge in [-0.25, -0.2) is 4.79 Å². The molecule has 1 fully saturated rings. The highest BCUT2D eigenvalue weighted by molar-refractivity contribution is 5.68. The third-order valence-electron chi connectivity index (χ3n) is 3.47. The van der Waals surface area contributed by atoms with Gasteiger partial charge in [0, 0.05) is 25.3 Å². The first-order chi connectivity index (χ1) is 9.85. The molecule has 0 saturated carbocycles. The van der Waals surface area contributed by atoms with E-state index in [0.717, 1.165) is 25.1 Å². The van der Waals surface area contributed by atoms with Crippen molar-refractivity contribution >= 4 is 11.8 Å². The van der Waals surface area contributed by atoms with E-state index in [1.54, 1.807) is 11.1 Å². The monoisotopic (exact) mass is 291 g/mol. The predicted molar refractivity (Wildman–Crippen MR) is 83.4 cm³/mol. The summed E-state index contributed by atoms with van der Waals surface area (Å²) in [5, 5.41) is 3.48. The lowest BCUT2D eigenvalue weighted by molar-refractivity contribution is 0.0206. The number of rotatable bonds is 2. The van der Waals surface area contributed by atoms with E-state index in [1.165, 1.54) is 5.56 Å². The summed E-state index contributed by atoms with van der Waals surface area (Å²) in [6, 6.07) is 2.23. The van der Waals surface area contributed by atoms with Gasteiger partial charge in [-0.15, -0.1) is 0 Å². The van der Waals surface area contributed by atoms with Crippen LogP contribution in [0.2, 0.25) is 0 Å². The van der Waals surface area contributed by atoms with Gasteiger partial charge < -0.3 is 15.0 Å². The molecule has 0 aromatic carbocycles. The molecule has 21 heavy (non-hydrogen) atoms. The summed E-state index contributed by atoms with van der Waals surface area (Å²) in [7, 11) is 0. The van der Waals surface area contributed by atoms with E-state index in [9.17, 15) is 4.79 Å². The van der Waals surface area contributed by atoms with Crippen molar-refractivity contribution in [3.63, 3.8) is 0 Å². The minimum atomic E-state index is -0.447. The average Bonchev–Trinajstić information content (AvgIpc) is 2.40. The van der Waals surface area contributed by atoms with Crippen LogP contribution in [0.4, 0.5) is 10.5 Å². The number of aryl methyl sites for hydroxylation is 1. The van der Waals surface area contributed by atoms with Crippen LogP contribution in [0, 0.1) is 6.92 Å². The molecule has 2 heterocycles. The molecule has 0 radical (unpaired) electrons. The highest BCUT2D eigenvalue weighted by atomic mass is 16.6. The van der Waals surface area contributed by atoms with Gasteiger partial charge in [0.2, 0.25) is 0 Å². The van der Waals surface area contributed by atoms with E-state index in [0.29, 0.717) is 6.54 Å². The number of hydrogen-bond donors (Lipinski definition) is 1. The summed E-state index contributed by atoms with van der Waals surface area (Å²) in [5.74, 6) is 0. The number of nitrogens with zero attached hydrogens (tertiary/aromatic N) is 2. The number of likely N-dealkylation sites (tertiary alicyclic amines) is 1. The zero-order valence-corrected chi connectivity index (χ0v) is 13.3. The largest absolute Gasteiger partial charge is 0.444 e. The van der Waals surface area contributed by atoms with Crippen LogP contribution in [0.5, 0.6) is 0 Å². The van der Waals surface area contributed by atoms with Crippen LogP contribution in [-0.2, 0) is 4.74 Å². The van der Waals surface area contributed by atoms with Crippen molar-refractivity contribution in [1.29, 1.82) is 0 Å². The lowest BCUT2D eigenvalue weighted by Crippen LogP contribution is -2.47. The fourth-order valence-corrected chi connectivity index (χ4v) is 2.42. The Balaban J connectivity index is 1.95. The van der Waals surface area contributed by atoms with Crippen molar-refractivity contribution in [3.05, 3.63) is 24.0 Å². The molecule has 1 aromatic heterocycles. The van der Waals surface area contributed by atoms with Crippen LogP contribution in [-0.4, -0.2) is 40.7 Å². The van der Waals surface area contributed by atoms with Crippen LogP contribution in [0.1, 0.15) is 39.2 Å². The number of carbonyl (C=O) groups is 1. The van der Waals surface area contributed by atoms with E-state index < -0.39 is 5.60 Å². The molecule has 2 rings (SSSR count). The van der Waals surface area contributed by atoms with E-state index in [-0.39, 0.29) is 12.1 Å². The van der Waals surface area contributed by atoms with Crippen LogP contribution < -0.4 is 5.32 Å². The summed E-state index contributed by atoms with van der Waals surface area (Å²) in [5.41, 5.74) is 1.75. The fourth-order valence-electron chi connectivity index (χ4n) is 2.42. The molecule has 116 valence electrons. The standard InChI is InChI=1S/C16H25N3O2/c1-12-7-8-17-10-14(12)18-13-6-5-9-19(11-13)15(20)21-16(2,3)4/h7-8,10,13,18H,5-6,9,11H2,1-4H3.